The number of fused-ring (bicyclic) bond motifs is 1. The maximum absolute atomic E-state index is 5.90. The Morgan fingerprint density at radius 2 is 1.90 bits per heavy atom. The molecule has 1 heterocycles. The van der Waals surface area contributed by atoms with E-state index in [-0.39, 0.29) is 0 Å². The zero-order chi connectivity index (χ0) is 13.9. The van der Waals surface area contributed by atoms with E-state index in [2.05, 4.69) is 40.5 Å². The molecule has 0 spiro atoms. The topological polar surface area (TPSA) is 50.7 Å². The van der Waals surface area contributed by atoms with Gasteiger partial charge in [0.05, 0.1) is 17.9 Å². The smallest absolute Gasteiger partial charge is 0.121 e. The fourth-order valence-corrected chi connectivity index (χ4v) is 2.65. The summed E-state index contributed by atoms with van der Waals surface area (Å²) in [5.74, 6) is 0.550. The van der Waals surface area contributed by atoms with Gasteiger partial charge in [-0.1, -0.05) is 30.3 Å². The van der Waals surface area contributed by atoms with Gasteiger partial charge in [0.25, 0.3) is 0 Å². The predicted octanol–water partition coefficient (Wildman–Crippen LogP) is 3.25. The third kappa shape index (κ3) is 2.47. The van der Waals surface area contributed by atoms with Gasteiger partial charge in [-0.2, -0.15) is 0 Å². The molecule has 0 unspecified atom stereocenters. The highest BCUT2D eigenvalue weighted by molar-refractivity contribution is 7.98. The third-order valence-electron chi connectivity index (χ3n) is 3.17. The van der Waals surface area contributed by atoms with Crippen molar-refractivity contribution < 1.29 is 0 Å². The average Bonchev–Trinajstić information content (AvgIpc) is 2.65. The van der Waals surface area contributed by atoms with E-state index in [9.17, 15) is 0 Å². The van der Waals surface area contributed by atoms with E-state index in [0.717, 1.165) is 22.5 Å². The zero-order valence-corrected chi connectivity index (χ0v) is 12.0. The van der Waals surface area contributed by atoms with Crippen LogP contribution < -0.4 is 5.73 Å². The summed E-state index contributed by atoms with van der Waals surface area (Å²) in [6, 6.07) is 16.4. The van der Waals surface area contributed by atoms with Gasteiger partial charge in [0.15, 0.2) is 0 Å². The standard InChI is InChI=1S/C16H15N3S/c1-20-12-7-8-14-13(9-12)16(18-10-15(17)19-14)11-5-3-2-4-6-11/h2-9H,10H2,1H3,(H2,17,19). The van der Waals surface area contributed by atoms with E-state index < -0.39 is 0 Å². The summed E-state index contributed by atoms with van der Waals surface area (Å²) >= 11 is 1.71. The first-order valence-electron chi connectivity index (χ1n) is 6.39. The summed E-state index contributed by atoms with van der Waals surface area (Å²) in [5.41, 5.74) is 9.89. The third-order valence-corrected chi connectivity index (χ3v) is 3.89. The Labute approximate surface area is 122 Å². The number of hydrogen-bond donors (Lipinski definition) is 1. The molecule has 0 radical (unpaired) electrons. The fraction of sp³-hybridized carbons (Fsp3) is 0.125. The van der Waals surface area contributed by atoms with Crippen LogP contribution in [0.3, 0.4) is 0 Å². The zero-order valence-electron chi connectivity index (χ0n) is 11.2. The number of benzene rings is 2. The van der Waals surface area contributed by atoms with Crippen molar-refractivity contribution in [2.24, 2.45) is 15.7 Å². The number of nitrogens with two attached hydrogens (primary N) is 1. The van der Waals surface area contributed by atoms with Crippen LogP contribution in [0.25, 0.3) is 0 Å². The van der Waals surface area contributed by atoms with Gasteiger partial charge >= 0.3 is 0 Å². The lowest BCUT2D eigenvalue weighted by Crippen LogP contribution is -2.14. The van der Waals surface area contributed by atoms with Crippen LogP contribution >= 0.6 is 11.8 Å². The Hall–Kier alpha value is -2.07. The Balaban J connectivity index is 2.19. The number of nitrogens with zero attached hydrogens (tertiary/aromatic N) is 2. The number of amidine groups is 1. The molecule has 1 aliphatic rings. The van der Waals surface area contributed by atoms with Crippen molar-refractivity contribution in [3.05, 3.63) is 59.7 Å². The first kappa shape index (κ1) is 12.9. The molecule has 4 heteroatoms. The molecule has 2 N–H and O–H groups in total. The van der Waals surface area contributed by atoms with Gasteiger partial charge in [0.1, 0.15) is 5.84 Å². The summed E-state index contributed by atoms with van der Waals surface area (Å²) in [4.78, 5) is 10.3. The Bertz CT molecular complexity index is 690. The van der Waals surface area contributed by atoms with Crippen molar-refractivity contribution in [2.75, 3.05) is 12.8 Å². The van der Waals surface area contributed by atoms with Crippen LogP contribution in [0.2, 0.25) is 0 Å². The number of rotatable bonds is 2. The molecular weight excluding hydrogens is 266 g/mol. The van der Waals surface area contributed by atoms with Crippen LogP contribution in [-0.4, -0.2) is 24.3 Å². The van der Waals surface area contributed by atoms with Gasteiger partial charge in [0, 0.05) is 16.0 Å². The molecule has 2 aromatic rings. The summed E-state index contributed by atoms with van der Waals surface area (Å²) in [6.07, 6.45) is 2.06. The van der Waals surface area contributed by atoms with Gasteiger partial charge in [-0.15, -0.1) is 11.8 Å². The molecular formula is C16H15N3S. The second-order valence-electron chi connectivity index (χ2n) is 4.52. The van der Waals surface area contributed by atoms with E-state index in [1.54, 1.807) is 11.8 Å². The number of thioether (sulfide) groups is 1. The highest BCUT2D eigenvalue weighted by Gasteiger charge is 2.15. The minimum Gasteiger partial charge on any atom is -0.386 e. The second kappa shape index (κ2) is 5.51. The molecule has 100 valence electrons. The Kier molecular flexibility index (Phi) is 3.56. The minimum atomic E-state index is 0.438. The summed E-state index contributed by atoms with van der Waals surface area (Å²) in [6.45, 7) is 0.438. The summed E-state index contributed by atoms with van der Waals surface area (Å²) in [7, 11) is 0. The number of hydrogen-bond acceptors (Lipinski definition) is 4. The molecule has 0 fully saturated rings. The van der Waals surface area contributed by atoms with Gasteiger partial charge in [-0.3, -0.25) is 4.99 Å². The molecule has 0 aliphatic carbocycles. The molecule has 2 aromatic carbocycles. The lowest BCUT2D eigenvalue weighted by atomic mass is 10.0. The van der Waals surface area contributed by atoms with Crippen LogP contribution in [0.4, 0.5) is 5.69 Å². The molecule has 20 heavy (non-hydrogen) atoms. The molecule has 0 aromatic heterocycles. The van der Waals surface area contributed by atoms with Crippen molar-refractivity contribution in [1.29, 1.82) is 0 Å². The van der Waals surface area contributed by atoms with E-state index in [0.29, 0.717) is 12.4 Å². The number of aliphatic imine (C=N–C) groups is 2. The maximum atomic E-state index is 5.90. The van der Waals surface area contributed by atoms with Crippen LogP contribution in [0.5, 0.6) is 0 Å². The van der Waals surface area contributed by atoms with E-state index >= 15 is 0 Å². The van der Waals surface area contributed by atoms with E-state index in [1.807, 2.05) is 24.3 Å². The Morgan fingerprint density at radius 1 is 1.10 bits per heavy atom. The molecule has 3 rings (SSSR count). The van der Waals surface area contributed by atoms with Gasteiger partial charge in [0.2, 0.25) is 0 Å². The second-order valence-corrected chi connectivity index (χ2v) is 5.40. The first-order valence-corrected chi connectivity index (χ1v) is 7.62. The van der Waals surface area contributed by atoms with Gasteiger partial charge in [-0.25, -0.2) is 4.99 Å². The summed E-state index contributed by atoms with van der Waals surface area (Å²) < 4.78 is 0. The minimum absolute atomic E-state index is 0.438. The molecule has 3 nitrogen and oxygen atoms in total. The van der Waals surface area contributed by atoms with Crippen molar-refractivity contribution in [1.82, 2.24) is 0 Å². The lowest BCUT2D eigenvalue weighted by molar-refractivity contribution is 1.27. The average molecular weight is 281 g/mol. The first-order chi connectivity index (χ1) is 9.78. The van der Waals surface area contributed by atoms with Crippen LogP contribution in [0, 0.1) is 0 Å². The predicted molar refractivity (Wildman–Crippen MR) is 86.5 cm³/mol. The van der Waals surface area contributed by atoms with Crippen molar-refractivity contribution in [2.45, 2.75) is 4.90 Å². The normalized spacial score (nSPS) is 14.1. The highest BCUT2D eigenvalue weighted by Crippen LogP contribution is 2.29. The SMILES string of the molecule is CSc1ccc2c(c1)C(c1ccccc1)=NCC(N)=N2. The molecule has 0 saturated carbocycles. The van der Waals surface area contributed by atoms with Gasteiger partial charge < -0.3 is 5.73 Å². The van der Waals surface area contributed by atoms with E-state index in [4.69, 9.17) is 5.73 Å². The van der Waals surface area contributed by atoms with E-state index in [1.165, 1.54) is 4.90 Å². The van der Waals surface area contributed by atoms with Crippen LogP contribution in [-0.2, 0) is 0 Å². The molecule has 1 aliphatic heterocycles. The van der Waals surface area contributed by atoms with Crippen molar-refractivity contribution in [3.8, 4) is 0 Å². The van der Waals surface area contributed by atoms with Crippen LogP contribution in [0.1, 0.15) is 11.1 Å². The lowest BCUT2D eigenvalue weighted by Gasteiger charge is -2.09. The molecule has 0 amide bonds. The van der Waals surface area contributed by atoms with Gasteiger partial charge in [-0.05, 0) is 24.5 Å². The maximum Gasteiger partial charge on any atom is 0.121 e. The Morgan fingerprint density at radius 3 is 2.65 bits per heavy atom. The monoisotopic (exact) mass is 281 g/mol. The van der Waals surface area contributed by atoms with Crippen molar-refractivity contribution >= 4 is 29.0 Å². The molecule has 0 atom stereocenters. The fourth-order valence-electron chi connectivity index (χ4n) is 2.21. The molecule has 0 bridgehead atoms. The quantitative estimate of drug-likeness (QED) is 0.859. The molecule has 0 saturated heterocycles. The largest absolute Gasteiger partial charge is 0.386 e. The summed E-state index contributed by atoms with van der Waals surface area (Å²) in [5, 5.41) is 0. The van der Waals surface area contributed by atoms with Crippen molar-refractivity contribution in [3.63, 3.8) is 0 Å². The highest BCUT2D eigenvalue weighted by atomic mass is 32.2. The van der Waals surface area contributed by atoms with Crippen LogP contribution in [0.15, 0.2) is 63.4 Å².